The van der Waals surface area contributed by atoms with Gasteiger partial charge in [0.25, 0.3) is 0 Å². The molecule has 1 aliphatic carbocycles. The Balaban J connectivity index is 1.80. The second-order valence-corrected chi connectivity index (χ2v) is 9.39. The molecule has 2 atom stereocenters. The van der Waals surface area contributed by atoms with E-state index >= 15 is 0 Å². The van der Waals surface area contributed by atoms with Gasteiger partial charge in [-0.1, -0.05) is 48.5 Å². The van der Waals surface area contributed by atoms with E-state index in [1.54, 1.807) is 23.9 Å². The van der Waals surface area contributed by atoms with Crippen LogP contribution in [0.4, 0.5) is 4.39 Å². The van der Waals surface area contributed by atoms with Gasteiger partial charge in [0, 0.05) is 10.6 Å². The van der Waals surface area contributed by atoms with Gasteiger partial charge in [-0.15, -0.1) is 11.8 Å². The average molecular weight is 422 g/mol. The first-order valence-corrected chi connectivity index (χ1v) is 11.4. The van der Waals surface area contributed by atoms with Crippen LogP contribution in [0.3, 0.4) is 0 Å². The van der Waals surface area contributed by atoms with Crippen molar-refractivity contribution in [1.29, 1.82) is 0 Å². The van der Waals surface area contributed by atoms with Gasteiger partial charge in [-0.25, -0.2) is 4.39 Å². The zero-order valence-corrected chi connectivity index (χ0v) is 18.3. The van der Waals surface area contributed by atoms with Gasteiger partial charge < -0.3 is 10.0 Å². The third-order valence-electron chi connectivity index (χ3n) is 5.94. The van der Waals surface area contributed by atoms with Gasteiger partial charge in [-0.2, -0.15) is 0 Å². The molecule has 0 spiro atoms. The molecule has 156 valence electrons. The molecule has 0 aliphatic heterocycles. The van der Waals surface area contributed by atoms with Crippen molar-refractivity contribution in [2.45, 2.75) is 29.3 Å². The summed E-state index contributed by atoms with van der Waals surface area (Å²) < 4.78 is 14.2. The third kappa shape index (κ3) is 4.31. The molecule has 2 nitrogen and oxygen atoms in total. The van der Waals surface area contributed by atoms with Gasteiger partial charge in [0.1, 0.15) is 11.4 Å². The van der Waals surface area contributed by atoms with Crippen molar-refractivity contribution >= 4 is 11.8 Å². The topological polar surface area (TPSA) is 23.5 Å². The van der Waals surface area contributed by atoms with Crippen LogP contribution in [-0.2, 0) is 12.0 Å². The van der Waals surface area contributed by atoms with E-state index in [9.17, 15) is 9.50 Å². The van der Waals surface area contributed by atoms with E-state index in [2.05, 4.69) is 37.2 Å². The molecule has 1 aliphatic rings. The molecule has 1 N–H and O–H groups in total. The van der Waals surface area contributed by atoms with E-state index in [0.717, 1.165) is 41.0 Å². The van der Waals surface area contributed by atoms with Crippen LogP contribution >= 0.6 is 11.8 Å². The lowest BCUT2D eigenvalue weighted by molar-refractivity contribution is 0.107. The predicted octanol–water partition coefficient (Wildman–Crippen LogP) is 5.45. The molecular weight excluding hydrogens is 393 g/mol. The lowest BCUT2D eigenvalue weighted by Gasteiger charge is -2.31. The van der Waals surface area contributed by atoms with Gasteiger partial charge in [-0.05, 0) is 85.9 Å². The van der Waals surface area contributed by atoms with Gasteiger partial charge in [-0.3, -0.25) is 0 Å². The highest BCUT2D eigenvalue weighted by atomic mass is 32.2. The van der Waals surface area contributed by atoms with Crippen LogP contribution in [0.25, 0.3) is 0 Å². The van der Waals surface area contributed by atoms with Crippen molar-refractivity contribution in [3.8, 4) is 0 Å². The Bertz CT molecular complexity index is 1010. The minimum atomic E-state index is -1.17. The van der Waals surface area contributed by atoms with E-state index in [0.29, 0.717) is 5.75 Å². The van der Waals surface area contributed by atoms with Crippen LogP contribution in [0, 0.1) is 5.82 Å². The van der Waals surface area contributed by atoms with Crippen molar-refractivity contribution < 1.29 is 9.50 Å². The molecule has 30 heavy (non-hydrogen) atoms. The van der Waals surface area contributed by atoms with E-state index in [4.69, 9.17) is 0 Å². The zero-order valence-electron chi connectivity index (χ0n) is 17.5. The second kappa shape index (κ2) is 8.93. The molecule has 3 aromatic rings. The first-order chi connectivity index (χ1) is 14.5. The first-order valence-electron chi connectivity index (χ1n) is 10.4. The Morgan fingerprint density at radius 1 is 1.00 bits per heavy atom. The van der Waals surface area contributed by atoms with E-state index < -0.39 is 5.60 Å². The molecule has 0 fully saturated rings. The van der Waals surface area contributed by atoms with Crippen LogP contribution < -0.4 is 0 Å². The predicted molar refractivity (Wildman–Crippen MR) is 123 cm³/mol. The van der Waals surface area contributed by atoms with E-state index in [1.165, 1.54) is 11.6 Å². The molecule has 0 saturated heterocycles. The summed E-state index contributed by atoms with van der Waals surface area (Å²) in [5.41, 5.74) is 2.68. The summed E-state index contributed by atoms with van der Waals surface area (Å²) in [7, 11) is 4.14. The number of rotatable bonds is 6. The fourth-order valence-corrected chi connectivity index (χ4v) is 5.45. The van der Waals surface area contributed by atoms with Gasteiger partial charge >= 0.3 is 0 Å². The number of nitrogens with zero attached hydrogens (tertiary/aromatic N) is 1. The molecule has 4 heteroatoms. The average Bonchev–Trinajstić information content (AvgIpc) is 2.85. The number of halogens is 1. The molecule has 2 unspecified atom stereocenters. The summed E-state index contributed by atoms with van der Waals surface area (Å²) in [6.45, 7) is 0.945. The zero-order chi connectivity index (χ0) is 21.1. The normalized spacial score (nSPS) is 20.5. The largest absolute Gasteiger partial charge is 0.379 e. The number of aliphatic hydroxyl groups is 1. The molecule has 4 rings (SSSR count). The highest BCUT2D eigenvalue weighted by Crippen LogP contribution is 2.45. The van der Waals surface area contributed by atoms with Crippen LogP contribution in [-0.4, -0.2) is 36.4 Å². The lowest BCUT2D eigenvalue weighted by Crippen LogP contribution is -2.31. The summed E-state index contributed by atoms with van der Waals surface area (Å²) in [5.74, 6) is 0.469. The third-order valence-corrected chi connectivity index (χ3v) is 7.11. The van der Waals surface area contributed by atoms with Gasteiger partial charge in [0.05, 0.1) is 0 Å². The Morgan fingerprint density at radius 2 is 1.73 bits per heavy atom. The Kier molecular flexibility index (Phi) is 6.28. The SMILES string of the molecule is CN(C)CCC1Cc2cc(F)ccc2C(O)(CSc2ccccc2)c2ccccc21. The fourth-order valence-electron chi connectivity index (χ4n) is 4.42. The maximum atomic E-state index is 14.2. The van der Waals surface area contributed by atoms with Crippen LogP contribution in [0.2, 0.25) is 0 Å². The smallest absolute Gasteiger partial charge is 0.124 e. The van der Waals surface area contributed by atoms with Crippen molar-refractivity contribution in [1.82, 2.24) is 4.90 Å². The summed E-state index contributed by atoms with van der Waals surface area (Å²) in [6.07, 6.45) is 1.69. The Labute approximate surface area is 182 Å². The van der Waals surface area contributed by atoms with Crippen molar-refractivity contribution in [2.24, 2.45) is 0 Å². The number of benzene rings is 3. The first kappa shape index (κ1) is 21.1. The molecule has 0 aromatic heterocycles. The molecule has 0 bridgehead atoms. The van der Waals surface area contributed by atoms with Crippen LogP contribution in [0.15, 0.2) is 77.7 Å². The van der Waals surface area contributed by atoms with Crippen molar-refractivity contribution in [3.05, 3.63) is 101 Å². The highest BCUT2D eigenvalue weighted by molar-refractivity contribution is 7.99. The summed E-state index contributed by atoms with van der Waals surface area (Å²) in [6, 6.07) is 23.2. The molecule has 3 aromatic carbocycles. The standard InChI is InChI=1S/C26H28FNOS/c1-28(2)15-14-19-16-20-17-21(27)12-13-24(20)26(29,25-11-7-6-10-23(19)25)18-30-22-8-4-3-5-9-22/h3-13,17,19,29H,14-16,18H2,1-2H3. The summed E-state index contributed by atoms with van der Waals surface area (Å²) in [4.78, 5) is 3.29. The van der Waals surface area contributed by atoms with Crippen LogP contribution in [0.1, 0.15) is 34.6 Å². The van der Waals surface area contributed by atoms with Gasteiger partial charge in [0.2, 0.25) is 0 Å². The van der Waals surface area contributed by atoms with E-state index in [-0.39, 0.29) is 11.7 Å². The van der Waals surface area contributed by atoms with E-state index in [1.807, 2.05) is 36.4 Å². The quantitative estimate of drug-likeness (QED) is 0.536. The Morgan fingerprint density at radius 3 is 2.50 bits per heavy atom. The molecular formula is C26H28FNOS. The number of thioether (sulfide) groups is 1. The van der Waals surface area contributed by atoms with Crippen LogP contribution in [0.5, 0.6) is 0 Å². The maximum absolute atomic E-state index is 14.2. The Hall–Kier alpha value is -2.14. The second-order valence-electron chi connectivity index (χ2n) is 8.34. The van der Waals surface area contributed by atoms with Gasteiger partial charge in [0.15, 0.2) is 0 Å². The minimum absolute atomic E-state index is 0.236. The monoisotopic (exact) mass is 421 g/mol. The fraction of sp³-hybridized carbons (Fsp3) is 0.308. The maximum Gasteiger partial charge on any atom is 0.124 e. The number of fused-ring (bicyclic) bond motifs is 2. The van der Waals surface area contributed by atoms with Crippen molar-refractivity contribution in [3.63, 3.8) is 0 Å². The lowest BCUT2D eigenvalue weighted by atomic mass is 9.83. The van der Waals surface area contributed by atoms with Crippen molar-refractivity contribution in [2.75, 3.05) is 26.4 Å². The summed E-state index contributed by atoms with van der Waals surface area (Å²) >= 11 is 1.63. The molecule has 0 saturated carbocycles. The number of hydrogen-bond acceptors (Lipinski definition) is 3. The summed E-state index contributed by atoms with van der Waals surface area (Å²) in [5, 5.41) is 12.1. The highest BCUT2D eigenvalue weighted by Gasteiger charge is 2.39. The molecule has 0 heterocycles. The molecule has 0 radical (unpaired) electrons. The number of hydrogen-bond donors (Lipinski definition) is 1. The minimum Gasteiger partial charge on any atom is -0.379 e. The molecule has 0 amide bonds.